The van der Waals surface area contributed by atoms with Crippen LogP contribution in [0.15, 0.2) is 0 Å². The number of nitrogens with zero attached hydrogens (tertiary/aromatic N) is 1. The molecule has 0 saturated carbocycles. The summed E-state index contributed by atoms with van der Waals surface area (Å²) in [7, 11) is 0. The molecule has 0 spiro atoms. The summed E-state index contributed by atoms with van der Waals surface area (Å²) in [4.78, 5) is 2.02. The normalized spacial score (nSPS) is 20.2. The second kappa shape index (κ2) is 4.14. The van der Waals surface area contributed by atoms with Gasteiger partial charge in [-0.25, -0.2) is 8.78 Å². The van der Waals surface area contributed by atoms with Crippen molar-refractivity contribution in [1.29, 1.82) is 0 Å². The molecule has 0 amide bonds. The maximum atomic E-state index is 12.5. The van der Waals surface area contributed by atoms with Gasteiger partial charge in [0.2, 0.25) is 0 Å². The van der Waals surface area contributed by atoms with Crippen LogP contribution in [0.1, 0.15) is 19.3 Å². The van der Waals surface area contributed by atoms with E-state index in [1.165, 1.54) is 0 Å². The van der Waals surface area contributed by atoms with Crippen LogP contribution < -0.4 is 0 Å². The lowest BCUT2D eigenvalue weighted by Gasteiger charge is -2.18. The molecule has 0 unspecified atom stereocenters. The number of aliphatic hydroxyl groups is 1. The minimum atomic E-state index is -2.89. The van der Waals surface area contributed by atoms with Gasteiger partial charge in [0, 0.05) is 13.0 Å². The third-order valence-corrected chi connectivity index (χ3v) is 2.22. The van der Waals surface area contributed by atoms with Gasteiger partial charge in [-0.1, -0.05) is 0 Å². The minimum absolute atomic E-state index is 0.219. The second-order valence-corrected chi connectivity index (χ2v) is 3.31. The van der Waals surface area contributed by atoms with E-state index in [9.17, 15) is 8.78 Å². The first kappa shape index (κ1) is 9.86. The topological polar surface area (TPSA) is 23.5 Å². The van der Waals surface area contributed by atoms with Crippen LogP contribution in [0.25, 0.3) is 0 Å². The summed E-state index contributed by atoms with van der Waals surface area (Å²) in [5.41, 5.74) is 0. The van der Waals surface area contributed by atoms with Gasteiger partial charge in [-0.2, -0.15) is 0 Å². The molecule has 0 bridgehead atoms. The fourth-order valence-corrected chi connectivity index (χ4v) is 1.41. The summed E-state index contributed by atoms with van der Waals surface area (Å²) in [6, 6.07) is 0. The number of aliphatic hydroxyl groups excluding tert-OH is 1. The molecule has 1 N–H and O–H groups in total. The summed E-state index contributed by atoms with van der Waals surface area (Å²) in [6.45, 7) is 1.25. The van der Waals surface area contributed by atoms with Gasteiger partial charge < -0.3 is 10.0 Å². The molecule has 0 atom stereocenters. The standard InChI is InChI=1S/C8H15F2NO/c9-8(10,7-12)3-6-11-4-1-2-5-11/h12H,1-7H2. The molecular formula is C8H15F2NO. The van der Waals surface area contributed by atoms with Crippen LogP contribution in [0, 0.1) is 0 Å². The first-order chi connectivity index (χ1) is 5.64. The number of alkyl halides is 2. The van der Waals surface area contributed by atoms with Crippen LogP contribution in [-0.4, -0.2) is 42.2 Å². The molecule has 1 aliphatic rings. The first-order valence-corrected chi connectivity index (χ1v) is 4.35. The van der Waals surface area contributed by atoms with E-state index >= 15 is 0 Å². The zero-order chi connectivity index (χ0) is 9.03. The van der Waals surface area contributed by atoms with E-state index in [1.54, 1.807) is 0 Å². The van der Waals surface area contributed by atoms with Gasteiger partial charge in [0.05, 0.1) is 0 Å². The summed E-state index contributed by atoms with van der Waals surface area (Å²) >= 11 is 0. The summed E-state index contributed by atoms with van der Waals surface area (Å²) < 4.78 is 25.1. The van der Waals surface area contributed by atoms with E-state index in [4.69, 9.17) is 5.11 Å². The molecule has 1 aliphatic heterocycles. The average molecular weight is 179 g/mol. The van der Waals surface area contributed by atoms with Crippen molar-refractivity contribution in [2.75, 3.05) is 26.2 Å². The highest BCUT2D eigenvalue weighted by molar-refractivity contribution is 4.71. The predicted molar refractivity (Wildman–Crippen MR) is 42.3 cm³/mol. The fraction of sp³-hybridized carbons (Fsp3) is 1.00. The third-order valence-electron chi connectivity index (χ3n) is 2.22. The lowest BCUT2D eigenvalue weighted by atomic mass is 10.2. The lowest BCUT2D eigenvalue weighted by Crippen LogP contribution is -2.29. The molecule has 72 valence electrons. The van der Waals surface area contributed by atoms with Crippen LogP contribution in [0.4, 0.5) is 8.78 Å². The Bertz CT molecular complexity index is 135. The summed E-state index contributed by atoms with van der Waals surface area (Å²) in [5.74, 6) is -2.89. The van der Waals surface area contributed by atoms with Gasteiger partial charge in [0.25, 0.3) is 5.92 Å². The van der Waals surface area contributed by atoms with E-state index < -0.39 is 12.5 Å². The molecule has 2 nitrogen and oxygen atoms in total. The SMILES string of the molecule is OCC(F)(F)CCN1CCCC1. The van der Waals surface area contributed by atoms with Gasteiger partial charge >= 0.3 is 0 Å². The largest absolute Gasteiger partial charge is 0.390 e. The Morgan fingerprint density at radius 2 is 1.83 bits per heavy atom. The summed E-state index contributed by atoms with van der Waals surface area (Å²) in [5, 5.41) is 8.30. The number of hydrogen-bond donors (Lipinski definition) is 1. The highest BCUT2D eigenvalue weighted by Gasteiger charge is 2.28. The Kier molecular flexibility index (Phi) is 3.40. The van der Waals surface area contributed by atoms with Crippen molar-refractivity contribution < 1.29 is 13.9 Å². The van der Waals surface area contributed by atoms with E-state index in [1.807, 2.05) is 4.90 Å². The van der Waals surface area contributed by atoms with Crippen LogP contribution >= 0.6 is 0 Å². The Morgan fingerprint density at radius 3 is 2.33 bits per heavy atom. The zero-order valence-electron chi connectivity index (χ0n) is 7.10. The van der Waals surface area contributed by atoms with E-state index in [0.717, 1.165) is 25.9 Å². The highest BCUT2D eigenvalue weighted by Crippen LogP contribution is 2.19. The van der Waals surface area contributed by atoms with Crippen molar-refractivity contribution in [2.24, 2.45) is 0 Å². The predicted octanol–water partition coefficient (Wildman–Crippen LogP) is 1.10. The van der Waals surface area contributed by atoms with Crippen molar-refractivity contribution in [3.63, 3.8) is 0 Å². The monoisotopic (exact) mass is 179 g/mol. The molecule has 4 heteroatoms. The molecule has 0 aromatic carbocycles. The van der Waals surface area contributed by atoms with Crippen molar-refractivity contribution in [3.05, 3.63) is 0 Å². The quantitative estimate of drug-likeness (QED) is 0.698. The smallest absolute Gasteiger partial charge is 0.271 e. The van der Waals surface area contributed by atoms with E-state index in [-0.39, 0.29) is 6.42 Å². The number of hydrogen-bond acceptors (Lipinski definition) is 2. The second-order valence-electron chi connectivity index (χ2n) is 3.31. The molecule has 0 aromatic rings. The first-order valence-electron chi connectivity index (χ1n) is 4.35. The molecule has 1 fully saturated rings. The fourth-order valence-electron chi connectivity index (χ4n) is 1.41. The molecule has 1 saturated heterocycles. The maximum absolute atomic E-state index is 12.5. The van der Waals surface area contributed by atoms with Crippen molar-refractivity contribution in [1.82, 2.24) is 4.90 Å². The van der Waals surface area contributed by atoms with Crippen LogP contribution in [-0.2, 0) is 0 Å². The Labute approximate surface area is 71.2 Å². The molecule has 0 aliphatic carbocycles. The molecule has 1 rings (SSSR count). The molecule has 1 heterocycles. The van der Waals surface area contributed by atoms with Gasteiger partial charge in [0.1, 0.15) is 6.61 Å². The number of halogens is 2. The minimum Gasteiger partial charge on any atom is -0.390 e. The van der Waals surface area contributed by atoms with Crippen LogP contribution in [0.2, 0.25) is 0 Å². The van der Waals surface area contributed by atoms with E-state index in [2.05, 4.69) is 0 Å². The van der Waals surface area contributed by atoms with Crippen molar-refractivity contribution in [3.8, 4) is 0 Å². The Balaban J connectivity index is 2.15. The van der Waals surface area contributed by atoms with Gasteiger partial charge in [-0.15, -0.1) is 0 Å². The van der Waals surface area contributed by atoms with Crippen molar-refractivity contribution >= 4 is 0 Å². The number of likely N-dealkylation sites (tertiary alicyclic amines) is 1. The maximum Gasteiger partial charge on any atom is 0.271 e. The van der Waals surface area contributed by atoms with Gasteiger partial charge in [0.15, 0.2) is 0 Å². The summed E-state index contributed by atoms with van der Waals surface area (Å²) in [6.07, 6.45) is 2.01. The number of rotatable bonds is 4. The lowest BCUT2D eigenvalue weighted by molar-refractivity contribution is -0.0606. The molecule has 0 radical (unpaired) electrons. The zero-order valence-corrected chi connectivity index (χ0v) is 7.10. The third kappa shape index (κ3) is 3.03. The molecule has 0 aromatic heterocycles. The average Bonchev–Trinajstić information content (AvgIpc) is 2.53. The van der Waals surface area contributed by atoms with Crippen molar-refractivity contribution in [2.45, 2.75) is 25.2 Å². The Morgan fingerprint density at radius 1 is 1.25 bits per heavy atom. The van der Waals surface area contributed by atoms with E-state index in [0.29, 0.717) is 6.54 Å². The van der Waals surface area contributed by atoms with Crippen LogP contribution in [0.5, 0.6) is 0 Å². The molecule has 12 heavy (non-hydrogen) atoms. The Hall–Kier alpha value is -0.220. The van der Waals surface area contributed by atoms with Crippen LogP contribution in [0.3, 0.4) is 0 Å². The highest BCUT2D eigenvalue weighted by atomic mass is 19.3. The van der Waals surface area contributed by atoms with Gasteiger partial charge in [-0.3, -0.25) is 0 Å². The molecular weight excluding hydrogens is 164 g/mol. The van der Waals surface area contributed by atoms with Gasteiger partial charge in [-0.05, 0) is 25.9 Å².